The van der Waals surface area contributed by atoms with Crippen molar-refractivity contribution in [3.63, 3.8) is 0 Å². The number of pyridine rings is 1. The van der Waals surface area contributed by atoms with E-state index in [9.17, 15) is 30.0 Å². The van der Waals surface area contributed by atoms with Crippen molar-refractivity contribution in [3.05, 3.63) is 77.0 Å². The summed E-state index contributed by atoms with van der Waals surface area (Å²) in [5.74, 6) is 0. The fourth-order valence-corrected chi connectivity index (χ4v) is 7.50. The van der Waals surface area contributed by atoms with Crippen molar-refractivity contribution in [2.24, 2.45) is 0 Å². The van der Waals surface area contributed by atoms with Crippen LogP contribution in [0.2, 0.25) is 0 Å². The molecule has 0 aliphatic carbocycles. The molecular weight excluding hydrogens is 533 g/mol. The molecule has 0 saturated heterocycles. The summed E-state index contributed by atoms with van der Waals surface area (Å²) >= 11 is 0. The van der Waals surface area contributed by atoms with Crippen LogP contribution in [-0.4, -0.2) is 21.8 Å². The van der Waals surface area contributed by atoms with E-state index in [4.69, 9.17) is 0 Å². The maximum atomic E-state index is 13.1. The summed E-state index contributed by atoms with van der Waals surface area (Å²) in [6.45, 7) is 9.03. The third-order valence-corrected chi connectivity index (χ3v) is 9.87. The van der Waals surface area contributed by atoms with Gasteiger partial charge in [0, 0.05) is 21.9 Å². The lowest BCUT2D eigenvalue weighted by Crippen LogP contribution is -2.18. The minimum Gasteiger partial charge on any atom is -0.278 e. The molecule has 1 N–H and O–H groups in total. The number of hydrogen-bond acceptors (Lipinski definition) is 6. The lowest BCUT2D eigenvalue weighted by atomic mass is 9.86. The molecule has 0 amide bonds. The van der Waals surface area contributed by atoms with Gasteiger partial charge in [-0.25, -0.2) is 13.4 Å². The van der Waals surface area contributed by atoms with Crippen LogP contribution in [0.1, 0.15) is 43.0 Å². The van der Waals surface area contributed by atoms with Crippen molar-refractivity contribution in [1.29, 1.82) is 0 Å². The Hall–Kier alpha value is -2.57. The van der Waals surface area contributed by atoms with Crippen molar-refractivity contribution in [2.45, 2.75) is 61.0 Å². The molecule has 2 aromatic carbocycles. The fourth-order valence-electron chi connectivity index (χ4n) is 3.22. The monoisotopic (exact) mass is 558 g/mol. The fraction of sp³-hybridized carbons (Fsp3) is 0.292. The van der Waals surface area contributed by atoms with Crippen LogP contribution in [0.15, 0.2) is 69.5 Å². The summed E-state index contributed by atoms with van der Waals surface area (Å²) < 4.78 is 92.6. The van der Waals surface area contributed by atoms with E-state index in [1.165, 1.54) is 12.1 Å². The summed E-state index contributed by atoms with van der Waals surface area (Å²) in [7, 11) is -7.39. The normalized spacial score (nSPS) is 13.0. The Morgan fingerprint density at radius 1 is 0.889 bits per heavy atom. The minimum atomic E-state index is -4.65. The Morgan fingerprint density at radius 3 is 2.00 bits per heavy atom. The van der Waals surface area contributed by atoms with Gasteiger partial charge < -0.3 is 0 Å². The van der Waals surface area contributed by atoms with E-state index in [1.807, 2.05) is 27.7 Å². The summed E-state index contributed by atoms with van der Waals surface area (Å²) in [5, 5.41) is -0.576. The van der Waals surface area contributed by atoms with E-state index >= 15 is 0 Å². The van der Waals surface area contributed by atoms with Gasteiger partial charge in [0.1, 0.15) is 0 Å². The molecule has 0 unspecified atom stereocenters. The summed E-state index contributed by atoms with van der Waals surface area (Å²) in [4.78, 5) is 4.05. The average Bonchev–Trinajstić information content (AvgIpc) is 2.74. The molecule has 0 fully saturated rings. The van der Waals surface area contributed by atoms with Crippen LogP contribution in [0.25, 0.3) is 0 Å². The largest absolute Gasteiger partial charge is 0.417 e. The van der Waals surface area contributed by atoms with Gasteiger partial charge in [0.2, 0.25) is 8.87 Å². The number of hydrogen-bond donors (Lipinski definition) is 1. The quantitative estimate of drug-likeness (QED) is 0.357. The molecule has 0 spiro atoms. The molecule has 6 nitrogen and oxygen atoms in total. The van der Waals surface area contributed by atoms with Gasteiger partial charge in [-0.15, -0.1) is 0 Å². The second kappa shape index (κ2) is 9.71. The molecule has 0 atom stereocenters. The molecule has 36 heavy (non-hydrogen) atoms. The molecule has 0 bridgehead atoms. The highest BCUT2D eigenvalue weighted by Gasteiger charge is 2.32. The molecule has 0 aliphatic rings. The molecule has 1 aromatic heterocycles. The molecule has 0 saturated carbocycles. The lowest BCUT2D eigenvalue weighted by Gasteiger charge is -2.25. The number of anilines is 1. The second-order valence-electron chi connectivity index (χ2n) is 9.25. The first kappa shape index (κ1) is 28.0. The molecule has 12 heteroatoms. The van der Waals surface area contributed by atoms with Crippen molar-refractivity contribution in [2.75, 3.05) is 4.72 Å². The van der Waals surface area contributed by atoms with Gasteiger partial charge in [-0.3, -0.25) is 4.72 Å². The van der Waals surface area contributed by atoms with Gasteiger partial charge in [0.05, 0.1) is 16.1 Å². The molecular formula is C24H25F3N2O4S3. The number of nitrogens with zero attached hydrogens (tertiary/aromatic N) is 1. The van der Waals surface area contributed by atoms with Gasteiger partial charge >= 0.3 is 6.18 Å². The molecule has 0 aliphatic heterocycles. The number of aromatic nitrogens is 1. The third-order valence-electron chi connectivity index (χ3n) is 5.23. The van der Waals surface area contributed by atoms with Gasteiger partial charge in [0.25, 0.3) is 10.0 Å². The molecule has 0 radical (unpaired) electrons. The maximum Gasteiger partial charge on any atom is 0.417 e. The Kier molecular flexibility index (Phi) is 7.56. The maximum absolute atomic E-state index is 13.1. The Morgan fingerprint density at radius 2 is 1.50 bits per heavy atom. The number of benzene rings is 2. The van der Waals surface area contributed by atoms with Crippen LogP contribution >= 0.6 is 10.8 Å². The Bertz CT molecular complexity index is 1480. The predicted molar refractivity (Wildman–Crippen MR) is 134 cm³/mol. The van der Waals surface area contributed by atoms with E-state index in [0.717, 1.165) is 11.6 Å². The van der Waals surface area contributed by atoms with Crippen LogP contribution in [0, 0.1) is 13.8 Å². The van der Waals surface area contributed by atoms with Crippen molar-refractivity contribution in [3.8, 4) is 0 Å². The predicted octanol–water partition coefficient (Wildman–Crippen LogP) is 6.30. The van der Waals surface area contributed by atoms with Crippen LogP contribution in [0.3, 0.4) is 0 Å². The van der Waals surface area contributed by atoms with Crippen molar-refractivity contribution < 1.29 is 30.0 Å². The first-order valence-corrected chi connectivity index (χ1v) is 14.9. The summed E-state index contributed by atoms with van der Waals surface area (Å²) in [5.41, 5.74) is 0.463. The lowest BCUT2D eigenvalue weighted by molar-refractivity contribution is -0.137. The topological polar surface area (TPSA) is 93.2 Å². The van der Waals surface area contributed by atoms with Crippen molar-refractivity contribution in [1.82, 2.24) is 4.98 Å². The van der Waals surface area contributed by atoms with Crippen LogP contribution < -0.4 is 4.72 Å². The minimum absolute atomic E-state index is 0.147. The highest BCUT2D eigenvalue weighted by atomic mass is 33.1. The standard InChI is InChI=1S/C24H25F3N2O4S3/c1-15-6-9-18(10-7-15)36(32,33)34-21-12-16(2)20(13-19(21)23(3,4)5)29-35(30,31)22-11-8-17(14-28-22)24(25,26)27/h6-14,29H,1-5H3. The number of sulfonamides is 1. The zero-order valence-corrected chi connectivity index (χ0v) is 22.6. The van der Waals surface area contributed by atoms with Crippen LogP contribution in [0.4, 0.5) is 18.9 Å². The average molecular weight is 559 g/mol. The first-order chi connectivity index (χ1) is 16.4. The van der Waals surface area contributed by atoms with Crippen molar-refractivity contribution >= 4 is 35.4 Å². The van der Waals surface area contributed by atoms with E-state index in [1.54, 1.807) is 31.2 Å². The van der Waals surface area contributed by atoms with E-state index in [0.29, 0.717) is 39.1 Å². The third kappa shape index (κ3) is 6.40. The molecule has 3 rings (SSSR count). The SMILES string of the molecule is Cc1ccc(S(=O)(=O)Sc2cc(C)c(NS(=O)(=O)c3ccc(C(F)(F)F)cn3)cc2C(C)(C)C)cc1. The Labute approximate surface area is 212 Å². The van der Waals surface area contributed by atoms with Crippen LogP contribution in [-0.2, 0) is 30.5 Å². The first-order valence-electron chi connectivity index (χ1n) is 10.6. The van der Waals surface area contributed by atoms with E-state index in [2.05, 4.69) is 9.71 Å². The smallest absolute Gasteiger partial charge is 0.278 e. The second-order valence-corrected chi connectivity index (χ2v) is 14.7. The van der Waals surface area contributed by atoms with E-state index in [-0.39, 0.29) is 10.6 Å². The number of rotatable bonds is 6. The van der Waals surface area contributed by atoms with Gasteiger partial charge in [-0.1, -0.05) is 38.5 Å². The molecule has 1 heterocycles. The molecule has 194 valence electrons. The number of halogens is 3. The Balaban J connectivity index is 2.00. The number of nitrogens with one attached hydrogen (secondary N) is 1. The van der Waals surface area contributed by atoms with E-state index < -0.39 is 41.1 Å². The zero-order valence-electron chi connectivity index (χ0n) is 20.1. The highest BCUT2D eigenvalue weighted by molar-refractivity contribution is 8.72. The van der Waals surface area contributed by atoms with Gasteiger partial charge in [0.15, 0.2) is 5.03 Å². The number of aryl methyl sites for hydroxylation is 2. The van der Waals surface area contributed by atoms with Gasteiger partial charge in [-0.05, 0) is 66.8 Å². The van der Waals surface area contributed by atoms with Crippen LogP contribution in [0.5, 0.6) is 0 Å². The van der Waals surface area contributed by atoms with Gasteiger partial charge in [-0.2, -0.15) is 21.6 Å². The molecule has 3 aromatic rings. The highest BCUT2D eigenvalue weighted by Crippen LogP contribution is 2.41. The summed E-state index contributed by atoms with van der Waals surface area (Å²) in [6.07, 6.45) is -4.19. The zero-order chi connectivity index (χ0) is 27.1. The number of alkyl halides is 3. The summed E-state index contributed by atoms with van der Waals surface area (Å²) in [6, 6.07) is 11.0.